The summed E-state index contributed by atoms with van der Waals surface area (Å²) in [7, 11) is -2.91. The first kappa shape index (κ1) is 16.0. The first-order valence-corrected chi connectivity index (χ1v) is 9.36. The van der Waals surface area contributed by atoms with Gasteiger partial charge >= 0.3 is 0 Å². The predicted octanol–water partition coefficient (Wildman–Crippen LogP) is 3.22. The van der Waals surface area contributed by atoms with Gasteiger partial charge in [-0.1, -0.05) is 18.6 Å². The van der Waals surface area contributed by atoms with Gasteiger partial charge in [0.15, 0.2) is 0 Å². The largest absolute Gasteiger partial charge is 0.459 e. The number of furan rings is 1. The Morgan fingerprint density at radius 3 is 2.71 bits per heavy atom. The summed E-state index contributed by atoms with van der Waals surface area (Å²) in [6.45, 7) is 4.91. The van der Waals surface area contributed by atoms with Crippen molar-refractivity contribution in [2.75, 3.05) is 18.6 Å². The van der Waals surface area contributed by atoms with Gasteiger partial charge in [-0.2, -0.15) is 0 Å². The normalized spacial score (nSPS) is 13.7. The molecule has 116 valence electrons. The van der Waals surface area contributed by atoms with Crippen molar-refractivity contribution in [2.45, 2.75) is 32.7 Å². The summed E-state index contributed by atoms with van der Waals surface area (Å²) in [5.74, 6) is 1.10. The third kappa shape index (κ3) is 4.58. The van der Waals surface area contributed by atoms with E-state index in [4.69, 9.17) is 4.42 Å². The van der Waals surface area contributed by atoms with Crippen molar-refractivity contribution in [2.24, 2.45) is 0 Å². The Morgan fingerprint density at radius 1 is 1.29 bits per heavy atom. The number of aryl methyl sites for hydroxylation is 1. The average molecular weight is 309 g/mol. The molecule has 5 heteroatoms. The molecule has 1 atom stereocenters. The van der Waals surface area contributed by atoms with Crippen LogP contribution in [-0.4, -0.2) is 27.0 Å². The molecule has 0 aliphatic carbocycles. The highest BCUT2D eigenvalue weighted by atomic mass is 32.2. The lowest BCUT2D eigenvalue weighted by atomic mass is 10.1. The zero-order valence-corrected chi connectivity index (χ0v) is 13.7. The second kappa shape index (κ2) is 6.62. The molecular weight excluding hydrogens is 286 g/mol. The van der Waals surface area contributed by atoms with E-state index in [0.29, 0.717) is 6.42 Å². The van der Waals surface area contributed by atoms with Crippen molar-refractivity contribution in [3.8, 4) is 0 Å². The zero-order valence-electron chi connectivity index (χ0n) is 12.8. The van der Waals surface area contributed by atoms with E-state index >= 15 is 0 Å². The Labute approximate surface area is 126 Å². The van der Waals surface area contributed by atoms with Crippen LogP contribution in [0.5, 0.6) is 0 Å². The van der Waals surface area contributed by atoms with Gasteiger partial charge in [0, 0.05) is 17.4 Å². The fourth-order valence-corrected chi connectivity index (χ4v) is 3.19. The number of nitrogens with one attached hydrogen (secondary N) is 1. The van der Waals surface area contributed by atoms with Crippen LogP contribution in [0.4, 0.5) is 0 Å². The van der Waals surface area contributed by atoms with E-state index in [1.165, 1.54) is 11.8 Å². The molecule has 0 fully saturated rings. The number of fused-ring (bicyclic) bond motifs is 1. The minimum Gasteiger partial charge on any atom is -0.459 e. The molecule has 0 aliphatic heterocycles. The van der Waals surface area contributed by atoms with Gasteiger partial charge in [0.05, 0.1) is 6.04 Å². The Morgan fingerprint density at radius 2 is 2.05 bits per heavy atom. The number of rotatable bonds is 7. The lowest BCUT2D eigenvalue weighted by Gasteiger charge is -2.14. The molecule has 21 heavy (non-hydrogen) atoms. The molecule has 0 amide bonds. The van der Waals surface area contributed by atoms with E-state index in [2.05, 4.69) is 24.4 Å². The average Bonchev–Trinajstić information content (AvgIpc) is 2.79. The van der Waals surface area contributed by atoms with Crippen molar-refractivity contribution in [3.05, 3.63) is 35.6 Å². The van der Waals surface area contributed by atoms with Crippen molar-refractivity contribution in [3.63, 3.8) is 0 Å². The van der Waals surface area contributed by atoms with Crippen LogP contribution in [0, 0.1) is 6.92 Å². The maximum Gasteiger partial charge on any atom is 0.147 e. The minimum atomic E-state index is -2.91. The molecule has 0 radical (unpaired) electrons. The second-order valence-electron chi connectivity index (χ2n) is 5.57. The van der Waals surface area contributed by atoms with Crippen LogP contribution in [0.25, 0.3) is 11.0 Å². The van der Waals surface area contributed by atoms with Crippen LogP contribution < -0.4 is 5.32 Å². The highest BCUT2D eigenvalue weighted by molar-refractivity contribution is 7.90. The quantitative estimate of drug-likeness (QED) is 0.853. The molecule has 1 aromatic carbocycles. The third-order valence-electron chi connectivity index (χ3n) is 3.49. The molecule has 0 aliphatic rings. The smallest absolute Gasteiger partial charge is 0.147 e. The van der Waals surface area contributed by atoms with Crippen molar-refractivity contribution >= 4 is 20.8 Å². The van der Waals surface area contributed by atoms with Gasteiger partial charge in [-0.3, -0.25) is 0 Å². The minimum absolute atomic E-state index is 0.0597. The maximum atomic E-state index is 11.2. The Bertz CT molecular complexity index is 703. The van der Waals surface area contributed by atoms with E-state index in [1.807, 2.05) is 19.1 Å². The summed E-state index contributed by atoms with van der Waals surface area (Å²) < 4.78 is 28.4. The number of sulfone groups is 1. The van der Waals surface area contributed by atoms with E-state index in [1.54, 1.807) is 0 Å². The van der Waals surface area contributed by atoms with E-state index in [-0.39, 0.29) is 11.8 Å². The van der Waals surface area contributed by atoms with Gasteiger partial charge in [-0.25, -0.2) is 8.42 Å². The summed E-state index contributed by atoms with van der Waals surface area (Å²) in [4.78, 5) is 0. The zero-order chi connectivity index (χ0) is 15.5. The molecule has 1 N–H and O–H groups in total. The van der Waals surface area contributed by atoms with Gasteiger partial charge in [0.2, 0.25) is 0 Å². The summed E-state index contributed by atoms with van der Waals surface area (Å²) >= 11 is 0. The van der Waals surface area contributed by atoms with Crippen molar-refractivity contribution in [1.29, 1.82) is 0 Å². The number of hydrogen-bond acceptors (Lipinski definition) is 4. The Hall–Kier alpha value is -1.33. The summed E-state index contributed by atoms with van der Waals surface area (Å²) in [5.41, 5.74) is 2.08. The molecule has 0 saturated heterocycles. The fourth-order valence-electron chi connectivity index (χ4n) is 2.50. The number of hydrogen-bond donors (Lipinski definition) is 1. The van der Waals surface area contributed by atoms with Crippen molar-refractivity contribution in [1.82, 2.24) is 5.32 Å². The van der Waals surface area contributed by atoms with Gasteiger partial charge in [0.25, 0.3) is 0 Å². The SMILES string of the molecule is CCNC(CCCS(C)(=O)=O)c1cc2cc(C)ccc2o1. The first-order valence-electron chi connectivity index (χ1n) is 7.30. The molecule has 2 rings (SSSR count). The summed E-state index contributed by atoms with van der Waals surface area (Å²) in [6, 6.07) is 8.22. The molecule has 0 spiro atoms. The Balaban J connectivity index is 2.15. The van der Waals surface area contributed by atoms with Crippen LogP contribution in [-0.2, 0) is 9.84 Å². The molecular formula is C16H23NO3S. The van der Waals surface area contributed by atoms with Crippen LogP contribution in [0.15, 0.2) is 28.7 Å². The van der Waals surface area contributed by atoms with Crippen molar-refractivity contribution < 1.29 is 12.8 Å². The summed E-state index contributed by atoms with van der Waals surface area (Å²) in [5, 5.41) is 4.47. The standard InChI is InChI=1S/C16H23NO3S/c1-4-17-14(6-5-9-21(3,18)19)16-11-13-10-12(2)7-8-15(13)20-16/h7-8,10-11,14,17H,4-6,9H2,1-3H3. The third-order valence-corrected chi connectivity index (χ3v) is 4.52. The molecule has 0 saturated carbocycles. The maximum absolute atomic E-state index is 11.2. The van der Waals surface area contributed by atoms with Crippen LogP contribution in [0.1, 0.15) is 37.1 Å². The molecule has 4 nitrogen and oxygen atoms in total. The van der Waals surface area contributed by atoms with E-state index in [0.717, 1.165) is 29.7 Å². The van der Waals surface area contributed by atoms with Gasteiger partial charge in [-0.15, -0.1) is 0 Å². The van der Waals surface area contributed by atoms with E-state index in [9.17, 15) is 8.42 Å². The lowest BCUT2D eigenvalue weighted by Crippen LogP contribution is -2.21. The van der Waals surface area contributed by atoms with Crippen LogP contribution in [0.2, 0.25) is 0 Å². The van der Waals surface area contributed by atoms with Crippen LogP contribution in [0.3, 0.4) is 0 Å². The molecule has 1 heterocycles. The fraction of sp³-hybridized carbons (Fsp3) is 0.500. The van der Waals surface area contributed by atoms with Crippen LogP contribution >= 0.6 is 0 Å². The topological polar surface area (TPSA) is 59.3 Å². The molecule has 1 unspecified atom stereocenters. The highest BCUT2D eigenvalue weighted by Crippen LogP contribution is 2.27. The Kier molecular flexibility index (Phi) is 5.06. The summed E-state index contributed by atoms with van der Waals surface area (Å²) in [6.07, 6.45) is 2.66. The molecule has 0 bridgehead atoms. The second-order valence-corrected chi connectivity index (χ2v) is 7.83. The van der Waals surface area contributed by atoms with Gasteiger partial charge < -0.3 is 9.73 Å². The lowest BCUT2D eigenvalue weighted by molar-refractivity contribution is 0.414. The predicted molar refractivity (Wildman–Crippen MR) is 86.3 cm³/mol. The number of benzene rings is 1. The molecule has 2 aromatic rings. The van der Waals surface area contributed by atoms with Gasteiger partial charge in [0.1, 0.15) is 21.2 Å². The van der Waals surface area contributed by atoms with E-state index < -0.39 is 9.84 Å². The monoisotopic (exact) mass is 309 g/mol. The molecule has 1 aromatic heterocycles. The van der Waals surface area contributed by atoms with Gasteiger partial charge in [-0.05, 0) is 44.5 Å². The highest BCUT2D eigenvalue weighted by Gasteiger charge is 2.16. The first-order chi connectivity index (χ1) is 9.89.